The van der Waals surface area contributed by atoms with E-state index in [-0.39, 0.29) is 24.2 Å². The Bertz CT molecular complexity index is 448. The lowest BCUT2D eigenvalue weighted by Crippen LogP contribution is -2.58. The number of likely N-dealkylation sites (tertiary alicyclic amines) is 1. The molecule has 102 valence electrons. The summed E-state index contributed by atoms with van der Waals surface area (Å²) in [6.45, 7) is 0.923. The van der Waals surface area contributed by atoms with E-state index < -0.39 is 0 Å². The van der Waals surface area contributed by atoms with Crippen molar-refractivity contribution in [3.05, 3.63) is 35.9 Å². The average Bonchev–Trinajstić information content (AvgIpc) is 2.39. The first kappa shape index (κ1) is 12.5. The van der Waals surface area contributed by atoms with Crippen LogP contribution >= 0.6 is 0 Å². The summed E-state index contributed by atoms with van der Waals surface area (Å²) in [6, 6.07) is 9.88. The molecule has 0 spiro atoms. The minimum absolute atomic E-state index is 0.187. The van der Waals surface area contributed by atoms with E-state index in [0.29, 0.717) is 19.6 Å². The molecule has 2 fully saturated rings. The van der Waals surface area contributed by atoms with Crippen LogP contribution in [0.15, 0.2) is 30.3 Å². The Morgan fingerprint density at radius 3 is 2.74 bits per heavy atom. The maximum absolute atomic E-state index is 12.1. The maximum atomic E-state index is 12.1. The van der Waals surface area contributed by atoms with E-state index in [1.165, 1.54) is 0 Å². The van der Waals surface area contributed by atoms with Crippen LogP contribution in [-0.2, 0) is 11.3 Å². The van der Waals surface area contributed by atoms with E-state index in [1.54, 1.807) is 4.90 Å². The highest BCUT2D eigenvalue weighted by Gasteiger charge is 2.45. The predicted octanol–water partition coefficient (Wildman–Crippen LogP) is 2.17. The summed E-state index contributed by atoms with van der Waals surface area (Å²) >= 11 is 0. The Balaban J connectivity index is 1.56. The van der Waals surface area contributed by atoms with Gasteiger partial charge in [0.05, 0.1) is 6.10 Å². The normalized spacial score (nSPS) is 29.3. The lowest BCUT2D eigenvalue weighted by atomic mass is 9.72. The van der Waals surface area contributed by atoms with Gasteiger partial charge in [-0.2, -0.15) is 0 Å². The molecule has 1 amide bonds. The molecule has 1 aromatic carbocycles. The smallest absolute Gasteiger partial charge is 0.410 e. The first-order valence-corrected chi connectivity index (χ1v) is 6.91. The Labute approximate surface area is 113 Å². The SMILES string of the molecule is O=C(OCc1ccccc1)N1CCC(O)[C@H]2CC[C@H]21. The molecule has 0 aromatic heterocycles. The number of aliphatic hydroxyl groups is 1. The number of hydrogen-bond acceptors (Lipinski definition) is 3. The second-order valence-electron chi connectivity index (χ2n) is 5.40. The molecule has 1 heterocycles. The van der Waals surface area contributed by atoms with Gasteiger partial charge in [0.2, 0.25) is 0 Å². The van der Waals surface area contributed by atoms with Gasteiger partial charge < -0.3 is 14.7 Å². The third-order valence-electron chi connectivity index (χ3n) is 4.29. The maximum Gasteiger partial charge on any atom is 0.410 e. The molecule has 1 saturated carbocycles. The molecule has 3 atom stereocenters. The molecular formula is C15H19NO3. The molecule has 4 heteroatoms. The zero-order valence-electron chi connectivity index (χ0n) is 10.9. The summed E-state index contributed by atoms with van der Waals surface area (Å²) in [4.78, 5) is 13.9. The summed E-state index contributed by atoms with van der Waals surface area (Å²) < 4.78 is 5.36. The highest BCUT2D eigenvalue weighted by Crippen LogP contribution is 2.39. The number of rotatable bonds is 2. The fourth-order valence-electron chi connectivity index (χ4n) is 3.02. The molecular weight excluding hydrogens is 242 g/mol. The Morgan fingerprint density at radius 2 is 2.05 bits per heavy atom. The van der Waals surface area contributed by atoms with Crippen LogP contribution in [-0.4, -0.2) is 34.8 Å². The van der Waals surface area contributed by atoms with E-state index in [0.717, 1.165) is 18.4 Å². The molecule has 1 N–H and O–H groups in total. The van der Waals surface area contributed by atoms with E-state index in [4.69, 9.17) is 4.74 Å². The number of benzene rings is 1. The first-order valence-electron chi connectivity index (χ1n) is 6.91. The van der Waals surface area contributed by atoms with Crippen molar-refractivity contribution in [1.29, 1.82) is 0 Å². The van der Waals surface area contributed by atoms with Gasteiger partial charge in [0.15, 0.2) is 0 Å². The number of ether oxygens (including phenoxy) is 1. The van der Waals surface area contributed by atoms with Gasteiger partial charge in [-0.1, -0.05) is 30.3 Å². The number of carbonyl (C=O) groups excluding carboxylic acids is 1. The van der Waals surface area contributed by atoms with Gasteiger partial charge in [-0.3, -0.25) is 0 Å². The number of nitrogens with zero attached hydrogens (tertiary/aromatic N) is 1. The largest absolute Gasteiger partial charge is 0.445 e. The van der Waals surface area contributed by atoms with Crippen LogP contribution in [0.3, 0.4) is 0 Å². The molecule has 19 heavy (non-hydrogen) atoms. The highest BCUT2D eigenvalue weighted by atomic mass is 16.6. The van der Waals surface area contributed by atoms with Crippen molar-refractivity contribution in [3.8, 4) is 0 Å². The zero-order valence-corrected chi connectivity index (χ0v) is 10.9. The number of hydrogen-bond donors (Lipinski definition) is 1. The molecule has 4 nitrogen and oxygen atoms in total. The highest BCUT2D eigenvalue weighted by molar-refractivity contribution is 5.68. The molecule has 1 aromatic rings. The summed E-state index contributed by atoms with van der Waals surface area (Å²) in [6.07, 6.45) is 2.19. The van der Waals surface area contributed by atoms with Gasteiger partial charge in [-0.15, -0.1) is 0 Å². The number of piperidine rings is 1. The van der Waals surface area contributed by atoms with Crippen LogP contribution in [0.2, 0.25) is 0 Å². The Kier molecular flexibility index (Phi) is 3.42. The zero-order chi connectivity index (χ0) is 13.2. The van der Waals surface area contributed by atoms with E-state index in [1.807, 2.05) is 30.3 Å². The lowest BCUT2D eigenvalue weighted by Gasteiger charge is -2.49. The van der Waals surface area contributed by atoms with E-state index in [2.05, 4.69) is 0 Å². The fourth-order valence-corrected chi connectivity index (χ4v) is 3.02. The van der Waals surface area contributed by atoms with Crippen LogP contribution in [0.5, 0.6) is 0 Å². The van der Waals surface area contributed by atoms with Crippen LogP contribution in [0.4, 0.5) is 4.79 Å². The van der Waals surface area contributed by atoms with E-state index in [9.17, 15) is 9.90 Å². The number of amides is 1. The van der Waals surface area contributed by atoms with Crippen molar-refractivity contribution in [2.75, 3.05) is 6.54 Å². The monoisotopic (exact) mass is 261 g/mol. The number of carbonyl (C=O) groups is 1. The van der Waals surface area contributed by atoms with Crippen molar-refractivity contribution in [3.63, 3.8) is 0 Å². The van der Waals surface area contributed by atoms with Gasteiger partial charge in [0, 0.05) is 18.5 Å². The molecule has 1 saturated heterocycles. The molecule has 0 radical (unpaired) electrons. The summed E-state index contributed by atoms with van der Waals surface area (Å²) in [5.74, 6) is 0.262. The molecule has 1 unspecified atom stereocenters. The minimum Gasteiger partial charge on any atom is -0.445 e. The fraction of sp³-hybridized carbons (Fsp3) is 0.533. The van der Waals surface area contributed by atoms with Gasteiger partial charge in [-0.05, 0) is 24.8 Å². The number of fused-ring (bicyclic) bond motifs is 1. The molecule has 3 rings (SSSR count). The van der Waals surface area contributed by atoms with Gasteiger partial charge in [-0.25, -0.2) is 4.79 Å². The summed E-state index contributed by atoms with van der Waals surface area (Å²) in [5.41, 5.74) is 0.998. The second-order valence-corrected chi connectivity index (χ2v) is 5.40. The van der Waals surface area contributed by atoms with Crippen molar-refractivity contribution < 1.29 is 14.6 Å². The molecule has 0 bridgehead atoms. The van der Waals surface area contributed by atoms with Gasteiger partial charge >= 0.3 is 6.09 Å². The molecule has 1 aliphatic carbocycles. The Hall–Kier alpha value is -1.55. The quantitative estimate of drug-likeness (QED) is 0.887. The molecule has 1 aliphatic heterocycles. The third-order valence-corrected chi connectivity index (χ3v) is 4.29. The Morgan fingerprint density at radius 1 is 1.26 bits per heavy atom. The van der Waals surface area contributed by atoms with Crippen molar-refractivity contribution >= 4 is 6.09 Å². The first-order chi connectivity index (χ1) is 9.25. The molecule has 2 aliphatic rings. The van der Waals surface area contributed by atoms with Crippen LogP contribution in [0.25, 0.3) is 0 Å². The van der Waals surface area contributed by atoms with Crippen LogP contribution < -0.4 is 0 Å². The third kappa shape index (κ3) is 2.45. The van der Waals surface area contributed by atoms with Crippen molar-refractivity contribution in [2.45, 2.75) is 38.0 Å². The minimum atomic E-state index is -0.245. The number of aliphatic hydroxyl groups excluding tert-OH is 1. The van der Waals surface area contributed by atoms with Gasteiger partial charge in [0.1, 0.15) is 6.61 Å². The van der Waals surface area contributed by atoms with E-state index >= 15 is 0 Å². The second kappa shape index (κ2) is 5.21. The van der Waals surface area contributed by atoms with Gasteiger partial charge in [0.25, 0.3) is 0 Å². The summed E-state index contributed by atoms with van der Waals surface area (Å²) in [7, 11) is 0. The lowest BCUT2D eigenvalue weighted by molar-refractivity contribution is -0.0630. The predicted molar refractivity (Wildman–Crippen MR) is 70.5 cm³/mol. The topological polar surface area (TPSA) is 49.8 Å². The summed E-state index contributed by atoms with van der Waals surface area (Å²) in [5, 5.41) is 9.83. The van der Waals surface area contributed by atoms with Crippen LogP contribution in [0.1, 0.15) is 24.8 Å². The van der Waals surface area contributed by atoms with Crippen molar-refractivity contribution in [1.82, 2.24) is 4.90 Å². The van der Waals surface area contributed by atoms with Crippen LogP contribution in [0, 0.1) is 5.92 Å². The van der Waals surface area contributed by atoms with Crippen molar-refractivity contribution in [2.24, 2.45) is 5.92 Å². The average molecular weight is 261 g/mol. The standard InChI is InChI=1S/C15H19NO3/c17-14-8-9-16(13-7-6-12(13)14)15(18)19-10-11-4-2-1-3-5-11/h1-5,12-14,17H,6-10H2/t12-,13+,14?/m0/s1.